The molecule has 0 heterocycles. The Morgan fingerprint density at radius 1 is 1.26 bits per heavy atom. The molecular weight excluding hydrogens is 391 g/mol. The Morgan fingerprint density at radius 2 is 2.00 bits per heavy atom. The van der Waals surface area contributed by atoms with Crippen LogP contribution in [0.3, 0.4) is 0 Å². The number of hydrogen-bond donors (Lipinski definition) is 2. The molecule has 0 bridgehead atoms. The standard InChI is InChI=1S/C19H14Cl2N2O4/c1-11-2-4-14(20)8-16(11)23-19(26)13(9-22)6-12-3-5-17(15(21)7-12)27-10-18(24)25/h2-8H,10H2,1H3,(H,23,26)(H,24,25)/b13-6+. The van der Waals surface area contributed by atoms with E-state index in [1.165, 1.54) is 18.2 Å². The molecular formula is C19H14Cl2N2O4. The third-order valence-corrected chi connectivity index (χ3v) is 3.96. The smallest absolute Gasteiger partial charge is 0.341 e. The third kappa shape index (κ3) is 5.74. The molecule has 2 rings (SSSR count). The van der Waals surface area contributed by atoms with E-state index in [0.29, 0.717) is 16.3 Å². The highest BCUT2D eigenvalue weighted by molar-refractivity contribution is 6.32. The van der Waals surface area contributed by atoms with E-state index in [0.717, 1.165) is 5.56 Å². The minimum atomic E-state index is -1.13. The second-order valence-corrected chi connectivity index (χ2v) is 6.30. The first-order valence-electron chi connectivity index (χ1n) is 7.63. The van der Waals surface area contributed by atoms with E-state index in [4.69, 9.17) is 33.0 Å². The van der Waals surface area contributed by atoms with Gasteiger partial charge >= 0.3 is 5.97 Å². The van der Waals surface area contributed by atoms with E-state index in [-0.39, 0.29) is 16.3 Å². The van der Waals surface area contributed by atoms with E-state index in [9.17, 15) is 14.9 Å². The van der Waals surface area contributed by atoms with Gasteiger partial charge in [0.25, 0.3) is 5.91 Å². The molecule has 0 aliphatic carbocycles. The summed E-state index contributed by atoms with van der Waals surface area (Å²) in [6.07, 6.45) is 1.36. The molecule has 2 aromatic rings. The predicted molar refractivity (Wildman–Crippen MR) is 103 cm³/mol. The monoisotopic (exact) mass is 404 g/mol. The summed E-state index contributed by atoms with van der Waals surface area (Å²) in [4.78, 5) is 22.9. The number of carbonyl (C=O) groups is 2. The molecule has 0 fully saturated rings. The van der Waals surface area contributed by atoms with Crippen LogP contribution in [0.2, 0.25) is 10.0 Å². The van der Waals surface area contributed by atoms with Crippen LogP contribution in [-0.2, 0) is 9.59 Å². The Morgan fingerprint density at radius 3 is 2.63 bits per heavy atom. The minimum absolute atomic E-state index is 0.135. The van der Waals surface area contributed by atoms with Gasteiger partial charge < -0.3 is 15.2 Å². The Kier molecular flexibility index (Phi) is 6.83. The fourth-order valence-electron chi connectivity index (χ4n) is 2.10. The first kappa shape index (κ1) is 20.3. The SMILES string of the molecule is Cc1ccc(Cl)cc1NC(=O)/C(C#N)=C/c1ccc(OCC(=O)O)c(Cl)c1. The third-order valence-electron chi connectivity index (χ3n) is 3.43. The number of halogens is 2. The highest BCUT2D eigenvalue weighted by atomic mass is 35.5. The summed E-state index contributed by atoms with van der Waals surface area (Å²) in [5, 5.41) is 21.2. The maximum atomic E-state index is 12.4. The number of carboxylic acids is 1. The van der Waals surface area contributed by atoms with E-state index < -0.39 is 18.5 Å². The van der Waals surface area contributed by atoms with Crippen LogP contribution in [0.15, 0.2) is 42.0 Å². The number of carbonyl (C=O) groups excluding carboxylic acids is 1. The number of rotatable bonds is 6. The molecule has 27 heavy (non-hydrogen) atoms. The normalized spacial score (nSPS) is 10.8. The largest absolute Gasteiger partial charge is 0.480 e. The van der Waals surface area contributed by atoms with Gasteiger partial charge in [0.1, 0.15) is 17.4 Å². The number of carboxylic acid groups (broad SMARTS) is 1. The summed E-state index contributed by atoms with van der Waals surface area (Å²) in [5.74, 6) is -1.53. The summed E-state index contributed by atoms with van der Waals surface area (Å²) >= 11 is 12.0. The van der Waals surface area contributed by atoms with E-state index in [1.54, 1.807) is 31.2 Å². The Labute approximate surface area is 165 Å². The molecule has 0 unspecified atom stereocenters. The van der Waals surface area contributed by atoms with Crippen molar-refractivity contribution in [2.45, 2.75) is 6.92 Å². The molecule has 0 aliphatic rings. The number of anilines is 1. The van der Waals surface area contributed by atoms with Crippen LogP contribution in [0.25, 0.3) is 6.08 Å². The van der Waals surface area contributed by atoms with Gasteiger partial charge in [-0.3, -0.25) is 4.79 Å². The van der Waals surface area contributed by atoms with Gasteiger partial charge in [-0.05, 0) is 48.4 Å². The van der Waals surface area contributed by atoms with Crippen molar-refractivity contribution in [2.24, 2.45) is 0 Å². The molecule has 2 aromatic carbocycles. The Bertz CT molecular complexity index is 965. The summed E-state index contributed by atoms with van der Waals surface area (Å²) in [7, 11) is 0. The van der Waals surface area contributed by atoms with Gasteiger partial charge in [0.2, 0.25) is 0 Å². The lowest BCUT2D eigenvalue weighted by molar-refractivity contribution is -0.139. The molecule has 6 nitrogen and oxygen atoms in total. The van der Waals surface area contributed by atoms with Gasteiger partial charge in [0.05, 0.1) is 5.02 Å². The van der Waals surface area contributed by atoms with Crippen molar-refractivity contribution in [1.82, 2.24) is 0 Å². The predicted octanol–water partition coefficient (Wildman–Crippen LogP) is 4.31. The van der Waals surface area contributed by atoms with Crippen molar-refractivity contribution in [3.63, 3.8) is 0 Å². The van der Waals surface area contributed by atoms with E-state index in [2.05, 4.69) is 5.32 Å². The molecule has 0 aliphatic heterocycles. The van der Waals surface area contributed by atoms with Gasteiger partial charge in [-0.15, -0.1) is 0 Å². The lowest BCUT2D eigenvalue weighted by atomic mass is 10.1. The van der Waals surface area contributed by atoms with Crippen molar-refractivity contribution in [2.75, 3.05) is 11.9 Å². The number of amides is 1. The van der Waals surface area contributed by atoms with Gasteiger partial charge in [0.15, 0.2) is 6.61 Å². The zero-order valence-corrected chi connectivity index (χ0v) is 15.6. The van der Waals surface area contributed by atoms with Crippen LogP contribution >= 0.6 is 23.2 Å². The molecule has 0 aromatic heterocycles. The van der Waals surface area contributed by atoms with Crippen molar-refractivity contribution >= 4 is 46.8 Å². The molecule has 0 radical (unpaired) electrons. The van der Waals surface area contributed by atoms with E-state index >= 15 is 0 Å². The van der Waals surface area contributed by atoms with Crippen LogP contribution in [0, 0.1) is 18.3 Å². The maximum absolute atomic E-state index is 12.4. The molecule has 0 atom stereocenters. The lowest BCUT2D eigenvalue weighted by Gasteiger charge is -2.09. The van der Waals surface area contributed by atoms with Gasteiger partial charge in [-0.2, -0.15) is 5.26 Å². The van der Waals surface area contributed by atoms with Crippen LogP contribution in [-0.4, -0.2) is 23.6 Å². The highest BCUT2D eigenvalue weighted by Gasteiger charge is 2.12. The zero-order chi connectivity index (χ0) is 20.0. The first-order chi connectivity index (χ1) is 12.8. The summed E-state index contributed by atoms with van der Waals surface area (Å²) in [6, 6.07) is 11.4. The van der Waals surface area contributed by atoms with E-state index in [1.807, 2.05) is 6.07 Å². The minimum Gasteiger partial charge on any atom is -0.480 e. The van der Waals surface area contributed by atoms with Gasteiger partial charge in [-0.1, -0.05) is 35.3 Å². The summed E-state index contributed by atoms with van der Waals surface area (Å²) < 4.78 is 5.03. The lowest BCUT2D eigenvalue weighted by Crippen LogP contribution is -2.14. The van der Waals surface area contributed by atoms with Gasteiger partial charge in [-0.25, -0.2) is 4.79 Å². The average Bonchev–Trinajstić information content (AvgIpc) is 2.61. The molecule has 0 spiro atoms. The zero-order valence-electron chi connectivity index (χ0n) is 14.1. The number of ether oxygens (including phenoxy) is 1. The van der Waals surface area contributed by atoms with Crippen LogP contribution < -0.4 is 10.1 Å². The molecule has 2 N–H and O–H groups in total. The summed E-state index contributed by atoms with van der Waals surface area (Å²) in [6.45, 7) is 1.27. The van der Waals surface area contributed by atoms with Gasteiger partial charge in [0, 0.05) is 10.7 Å². The fraction of sp³-hybridized carbons (Fsp3) is 0.105. The topological polar surface area (TPSA) is 99.4 Å². The molecule has 138 valence electrons. The summed E-state index contributed by atoms with van der Waals surface area (Å²) in [5.41, 5.74) is 1.65. The van der Waals surface area contributed by atoms with Crippen molar-refractivity contribution in [3.05, 3.63) is 63.1 Å². The number of aryl methyl sites for hydroxylation is 1. The quantitative estimate of drug-likeness (QED) is 0.551. The van der Waals surface area contributed by atoms with Crippen LogP contribution in [0.5, 0.6) is 5.75 Å². The van der Waals surface area contributed by atoms with Crippen molar-refractivity contribution in [3.8, 4) is 11.8 Å². The Hall–Kier alpha value is -3.01. The number of hydrogen-bond acceptors (Lipinski definition) is 4. The first-order valence-corrected chi connectivity index (χ1v) is 8.39. The van der Waals surface area contributed by atoms with Crippen molar-refractivity contribution in [1.29, 1.82) is 5.26 Å². The van der Waals surface area contributed by atoms with Crippen LogP contribution in [0.1, 0.15) is 11.1 Å². The second kappa shape index (κ2) is 9.08. The maximum Gasteiger partial charge on any atom is 0.341 e. The number of nitrogens with zero attached hydrogens (tertiary/aromatic N) is 1. The fourth-order valence-corrected chi connectivity index (χ4v) is 2.51. The molecule has 0 saturated heterocycles. The average molecular weight is 405 g/mol. The molecule has 8 heteroatoms. The second-order valence-electron chi connectivity index (χ2n) is 5.46. The number of benzene rings is 2. The van der Waals surface area contributed by atoms with Crippen LogP contribution in [0.4, 0.5) is 5.69 Å². The highest BCUT2D eigenvalue weighted by Crippen LogP contribution is 2.27. The Balaban J connectivity index is 2.21. The number of nitrogens with one attached hydrogen (secondary N) is 1. The molecule has 0 saturated carbocycles. The molecule has 1 amide bonds. The van der Waals surface area contributed by atoms with Crippen molar-refractivity contribution < 1.29 is 19.4 Å². The number of nitriles is 1. The number of aliphatic carboxylic acids is 1.